The summed E-state index contributed by atoms with van der Waals surface area (Å²) in [5.41, 5.74) is 0.398. The van der Waals surface area contributed by atoms with Crippen molar-refractivity contribution in [3.05, 3.63) is 81.8 Å². The minimum atomic E-state index is -3.65. The first-order chi connectivity index (χ1) is 12.3. The standard InChI is InChI=1S/C18H12Cl3NO3S/c19-12-10-16(20)18(17(21)11-12)25-14-8-6-13(7-9-14)22-26(23,24)15-4-2-1-3-5-15/h1-11,22H. The van der Waals surface area contributed by atoms with Crippen molar-refractivity contribution in [3.63, 3.8) is 0 Å². The van der Waals surface area contributed by atoms with Crippen LogP contribution in [0.2, 0.25) is 15.1 Å². The minimum absolute atomic E-state index is 0.181. The topological polar surface area (TPSA) is 55.4 Å². The van der Waals surface area contributed by atoms with Crippen LogP contribution in [0.25, 0.3) is 0 Å². The molecule has 0 aromatic heterocycles. The number of hydrogen-bond acceptors (Lipinski definition) is 3. The highest BCUT2D eigenvalue weighted by molar-refractivity contribution is 7.92. The van der Waals surface area contributed by atoms with Crippen LogP contribution in [0.1, 0.15) is 0 Å². The average Bonchev–Trinajstić information content (AvgIpc) is 2.60. The van der Waals surface area contributed by atoms with E-state index in [9.17, 15) is 8.42 Å². The van der Waals surface area contributed by atoms with Gasteiger partial charge in [0.25, 0.3) is 10.0 Å². The van der Waals surface area contributed by atoms with Crippen LogP contribution >= 0.6 is 34.8 Å². The molecule has 0 aliphatic carbocycles. The summed E-state index contributed by atoms with van der Waals surface area (Å²) in [5.74, 6) is 0.717. The third kappa shape index (κ3) is 4.43. The van der Waals surface area contributed by atoms with E-state index in [1.807, 2.05) is 0 Å². The lowest BCUT2D eigenvalue weighted by Crippen LogP contribution is -2.12. The van der Waals surface area contributed by atoms with E-state index in [1.54, 1.807) is 42.5 Å². The summed E-state index contributed by atoms with van der Waals surface area (Å²) >= 11 is 18.0. The second-order valence-electron chi connectivity index (χ2n) is 5.24. The summed E-state index contributed by atoms with van der Waals surface area (Å²) in [5, 5.41) is 0.950. The number of rotatable bonds is 5. The smallest absolute Gasteiger partial charge is 0.261 e. The lowest BCUT2D eigenvalue weighted by molar-refractivity contribution is 0.483. The Morgan fingerprint density at radius 3 is 1.96 bits per heavy atom. The third-order valence-corrected chi connectivity index (χ3v) is 5.52. The average molecular weight is 429 g/mol. The maximum absolute atomic E-state index is 12.3. The van der Waals surface area contributed by atoms with Crippen LogP contribution in [0.3, 0.4) is 0 Å². The molecule has 0 unspecified atom stereocenters. The molecule has 3 aromatic rings. The lowest BCUT2D eigenvalue weighted by atomic mass is 10.3. The Hall–Kier alpha value is -1.92. The van der Waals surface area contributed by atoms with E-state index >= 15 is 0 Å². The van der Waals surface area contributed by atoms with Crippen LogP contribution in [0.5, 0.6) is 11.5 Å². The third-order valence-electron chi connectivity index (χ3n) is 3.34. The van der Waals surface area contributed by atoms with Crippen LogP contribution in [0.4, 0.5) is 5.69 Å². The van der Waals surface area contributed by atoms with Crippen LogP contribution in [-0.4, -0.2) is 8.42 Å². The number of sulfonamides is 1. The molecule has 0 saturated carbocycles. The molecule has 8 heteroatoms. The molecule has 0 heterocycles. The predicted molar refractivity (Wildman–Crippen MR) is 105 cm³/mol. The highest BCUT2D eigenvalue weighted by Crippen LogP contribution is 2.38. The molecular weight excluding hydrogens is 417 g/mol. The van der Waals surface area contributed by atoms with Crippen molar-refractivity contribution in [1.29, 1.82) is 0 Å². The maximum atomic E-state index is 12.3. The van der Waals surface area contributed by atoms with E-state index in [-0.39, 0.29) is 20.7 Å². The number of halogens is 3. The molecule has 0 spiro atoms. The summed E-state index contributed by atoms with van der Waals surface area (Å²) < 4.78 is 32.8. The molecule has 3 rings (SSSR count). The number of ether oxygens (including phenoxy) is 1. The van der Waals surface area contributed by atoms with E-state index in [1.165, 1.54) is 24.3 Å². The highest BCUT2D eigenvalue weighted by Gasteiger charge is 2.14. The number of benzene rings is 3. The first-order valence-corrected chi connectivity index (χ1v) is 9.97. The Morgan fingerprint density at radius 2 is 1.38 bits per heavy atom. The molecule has 0 aliphatic rings. The molecule has 0 amide bonds. The van der Waals surface area contributed by atoms with Crippen molar-refractivity contribution in [2.45, 2.75) is 4.90 Å². The predicted octanol–water partition coefficient (Wildman–Crippen LogP) is 6.24. The molecule has 134 valence electrons. The summed E-state index contributed by atoms with van der Waals surface area (Å²) in [6.45, 7) is 0. The van der Waals surface area contributed by atoms with Crippen molar-refractivity contribution in [2.75, 3.05) is 4.72 Å². The van der Waals surface area contributed by atoms with Crippen molar-refractivity contribution < 1.29 is 13.2 Å². The molecular formula is C18H12Cl3NO3S. The number of hydrogen-bond donors (Lipinski definition) is 1. The van der Waals surface area contributed by atoms with Gasteiger partial charge in [-0.05, 0) is 48.5 Å². The molecule has 0 radical (unpaired) electrons. The Morgan fingerprint density at radius 1 is 0.808 bits per heavy atom. The zero-order valence-corrected chi connectivity index (χ0v) is 16.2. The molecule has 26 heavy (non-hydrogen) atoms. The molecule has 3 aromatic carbocycles. The maximum Gasteiger partial charge on any atom is 0.261 e. The van der Waals surface area contributed by atoms with Crippen LogP contribution in [-0.2, 0) is 10.0 Å². The van der Waals surface area contributed by atoms with Gasteiger partial charge >= 0.3 is 0 Å². The highest BCUT2D eigenvalue weighted by atomic mass is 35.5. The van der Waals surface area contributed by atoms with Crippen molar-refractivity contribution in [1.82, 2.24) is 0 Å². The lowest BCUT2D eigenvalue weighted by Gasteiger charge is -2.11. The zero-order chi connectivity index (χ0) is 18.7. The van der Waals surface area contributed by atoms with Gasteiger partial charge in [0.05, 0.1) is 14.9 Å². The summed E-state index contributed by atoms with van der Waals surface area (Å²) in [7, 11) is -3.65. The van der Waals surface area contributed by atoms with E-state index < -0.39 is 10.0 Å². The largest absolute Gasteiger partial charge is 0.454 e. The Bertz CT molecular complexity index is 1000. The summed E-state index contributed by atoms with van der Waals surface area (Å²) in [4.78, 5) is 0.181. The van der Waals surface area contributed by atoms with Gasteiger partial charge in [0.15, 0.2) is 5.75 Å². The van der Waals surface area contributed by atoms with Crippen LogP contribution in [0.15, 0.2) is 71.6 Å². The number of anilines is 1. The Labute approximate surface area is 166 Å². The van der Waals surface area contributed by atoms with Gasteiger partial charge in [-0.1, -0.05) is 53.0 Å². The second-order valence-corrected chi connectivity index (χ2v) is 8.18. The Balaban J connectivity index is 1.77. The van der Waals surface area contributed by atoms with Crippen molar-refractivity contribution >= 4 is 50.5 Å². The zero-order valence-electron chi connectivity index (χ0n) is 13.1. The van der Waals surface area contributed by atoms with E-state index in [0.29, 0.717) is 16.5 Å². The van der Waals surface area contributed by atoms with Gasteiger partial charge in [0.1, 0.15) is 5.75 Å². The van der Waals surface area contributed by atoms with Gasteiger partial charge in [-0.3, -0.25) is 4.72 Å². The monoisotopic (exact) mass is 427 g/mol. The molecule has 0 bridgehead atoms. The van der Waals surface area contributed by atoms with Crippen molar-refractivity contribution in [2.24, 2.45) is 0 Å². The first kappa shape index (κ1) is 18.9. The quantitative estimate of drug-likeness (QED) is 0.523. The fraction of sp³-hybridized carbons (Fsp3) is 0. The SMILES string of the molecule is O=S(=O)(Nc1ccc(Oc2c(Cl)cc(Cl)cc2Cl)cc1)c1ccccc1. The molecule has 4 nitrogen and oxygen atoms in total. The number of nitrogens with one attached hydrogen (secondary N) is 1. The minimum Gasteiger partial charge on any atom is -0.454 e. The van der Waals surface area contributed by atoms with Crippen molar-refractivity contribution in [3.8, 4) is 11.5 Å². The Kier molecular flexibility index (Phi) is 5.63. The summed E-state index contributed by atoms with van der Waals surface area (Å²) in [6, 6.07) is 17.5. The van der Waals surface area contributed by atoms with E-state index in [4.69, 9.17) is 39.5 Å². The molecule has 0 aliphatic heterocycles. The summed E-state index contributed by atoms with van der Waals surface area (Å²) in [6.07, 6.45) is 0. The van der Waals surface area contributed by atoms with Gasteiger partial charge in [0, 0.05) is 10.7 Å². The van der Waals surface area contributed by atoms with Gasteiger partial charge in [0.2, 0.25) is 0 Å². The van der Waals surface area contributed by atoms with Gasteiger partial charge in [-0.2, -0.15) is 0 Å². The van der Waals surface area contributed by atoms with E-state index in [0.717, 1.165) is 0 Å². The molecule has 1 N–H and O–H groups in total. The van der Waals surface area contributed by atoms with E-state index in [2.05, 4.69) is 4.72 Å². The van der Waals surface area contributed by atoms with Gasteiger partial charge < -0.3 is 4.74 Å². The van der Waals surface area contributed by atoms with Crippen LogP contribution in [0, 0.1) is 0 Å². The second kappa shape index (κ2) is 7.76. The fourth-order valence-electron chi connectivity index (χ4n) is 2.15. The fourth-order valence-corrected chi connectivity index (χ4v) is 4.12. The molecule has 0 saturated heterocycles. The van der Waals surface area contributed by atoms with Gasteiger partial charge in [-0.15, -0.1) is 0 Å². The van der Waals surface area contributed by atoms with Gasteiger partial charge in [-0.25, -0.2) is 8.42 Å². The first-order valence-electron chi connectivity index (χ1n) is 7.35. The normalized spacial score (nSPS) is 11.2. The molecule has 0 fully saturated rings. The van der Waals surface area contributed by atoms with Crippen LogP contribution < -0.4 is 9.46 Å². The molecule has 0 atom stereocenters.